The third kappa shape index (κ3) is 1.71. The smallest absolute Gasteiger partial charge is 0.280 e. The molecule has 12 nitrogen and oxygen atoms in total. The minimum Gasteiger partial charge on any atom is -0.369 e. The number of nitrogens with one attached hydrogen (secondary N) is 4. The van der Waals surface area contributed by atoms with Crippen molar-refractivity contribution >= 4 is 34.2 Å². The summed E-state index contributed by atoms with van der Waals surface area (Å²) in [5.41, 5.74) is 8.24. The van der Waals surface area contributed by atoms with Gasteiger partial charge < -0.3 is 10.7 Å². The molecule has 6 N–H and O–H groups in total. The molecule has 0 aliphatic carbocycles. The average Bonchev–Trinajstić information content (AvgIpc) is 3.07. The molecule has 0 aromatic carbocycles. The molecule has 4 rings (SSSR count). The van der Waals surface area contributed by atoms with E-state index in [-0.39, 0.29) is 39.8 Å². The standard InChI is InChI=1S/C10H8N10O2/c11-9-16-6-4(8(22)17-9)14-2-20(6)19-10-15-5-3(7(21)18-10)12-1-13-5/h1-2H,(H3,11,16,17,22)(H3,12,13,15,18,19,21). The van der Waals surface area contributed by atoms with Crippen LogP contribution in [-0.4, -0.2) is 39.6 Å². The van der Waals surface area contributed by atoms with Crippen molar-refractivity contribution in [1.82, 2.24) is 39.6 Å². The maximum Gasteiger partial charge on any atom is 0.280 e. The highest BCUT2D eigenvalue weighted by Gasteiger charge is 2.11. The lowest BCUT2D eigenvalue weighted by atomic mass is 10.5. The maximum atomic E-state index is 11.8. The van der Waals surface area contributed by atoms with E-state index in [1.807, 2.05) is 0 Å². The molecule has 4 aromatic heterocycles. The highest BCUT2D eigenvalue weighted by molar-refractivity contribution is 5.72. The Labute approximate surface area is 119 Å². The predicted molar refractivity (Wildman–Crippen MR) is 76.1 cm³/mol. The Hall–Kier alpha value is -3.70. The molecule has 0 spiro atoms. The van der Waals surface area contributed by atoms with Crippen molar-refractivity contribution in [1.29, 1.82) is 0 Å². The van der Waals surface area contributed by atoms with Crippen LogP contribution < -0.4 is 22.3 Å². The number of nitrogens with zero attached hydrogens (tertiary/aromatic N) is 5. The first-order chi connectivity index (χ1) is 10.6. The van der Waals surface area contributed by atoms with E-state index in [1.54, 1.807) is 0 Å². The Morgan fingerprint density at radius 1 is 1.14 bits per heavy atom. The Balaban J connectivity index is 1.85. The summed E-state index contributed by atoms with van der Waals surface area (Å²) in [7, 11) is 0. The maximum absolute atomic E-state index is 11.8. The van der Waals surface area contributed by atoms with E-state index in [9.17, 15) is 9.59 Å². The van der Waals surface area contributed by atoms with Crippen molar-refractivity contribution in [3.05, 3.63) is 33.4 Å². The van der Waals surface area contributed by atoms with Crippen LogP contribution in [-0.2, 0) is 0 Å². The SMILES string of the molecule is Nc1nc2c(ncn2Nc2nc3nc[nH]c3c(=O)[nH]2)c(=O)[nH]1. The molecule has 22 heavy (non-hydrogen) atoms. The van der Waals surface area contributed by atoms with Crippen LogP contribution in [0.15, 0.2) is 22.2 Å². The predicted octanol–water partition coefficient (Wildman–Crippen LogP) is -1.46. The molecular weight excluding hydrogens is 292 g/mol. The number of fused-ring (bicyclic) bond motifs is 2. The second-order valence-electron chi connectivity index (χ2n) is 4.37. The summed E-state index contributed by atoms with van der Waals surface area (Å²) in [6.45, 7) is 0. The zero-order valence-electron chi connectivity index (χ0n) is 10.8. The number of aromatic nitrogens is 8. The summed E-state index contributed by atoms with van der Waals surface area (Å²) in [6.07, 6.45) is 2.69. The van der Waals surface area contributed by atoms with Crippen molar-refractivity contribution < 1.29 is 0 Å². The van der Waals surface area contributed by atoms with Crippen LogP contribution in [0.25, 0.3) is 22.3 Å². The Kier molecular flexibility index (Phi) is 2.27. The van der Waals surface area contributed by atoms with Crippen LogP contribution in [0.1, 0.15) is 0 Å². The fourth-order valence-corrected chi connectivity index (χ4v) is 2.02. The summed E-state index contributed by atoms with van der Waals surface area (Å²) >= 11 is 0. The molecule has 12 heteroatoms. The summed E-state index contributed by atoms with van der Waals surface area (Å²) in [5, 5.41) is 0. The molecule has 0 aliphatic rings. The van der Waals surface area contributed by atoms with E-state index < -0.39 is 5.56 Å². The molecule has 0 unspecified atom stereocenters. The Morgan fingerprint density at radius 3 is 2.86 bits per heavy atom. The lowest BCUT2D eigenvalue weighted by Crippen LogP contribution is -2.18. The zero-order chi connectivity index (χ0) is 15.3. The van der Waals surface area contributed by atoms with Gasteiger partial charge in [-0.25, -0.2) is 14.6 Å². The third-order valence-corrected chi connectivity index (χ3v) is 2.95. The lowest BCUT2D eigenvalue weighted by molar-refractivity contribution is 0.928. The molecule has 110 valence electrons. The van der Waals surface area contributed by atoms with E-state index in [1.165, 1.54) is 17.3 Å². The number of nitrogens with two attached hydrogens (primary N) is 1. The largest absolute Gasteiger partial charge is 0.369 e. The number of rotatable bonds is 2. The molecule has 4 aromatic rings. The Morgan fingerprint density at radius 2 is 2.00 bits per heavy atom. The minimum absolute atomic E-state index is 0.0507. The fourth-order valence-electron chi connectivity index (χ4n) is 2.02. The van der Waals surface area contributed by atoms with Crippen LogP contribution >= 0.6 is 0 Å². The first-order valence-corrected chi connectivity index (χ1v) is 6.05. The van der Waals surface area contributed by atoms with Gasteiger partial charge in [-0.05, 0) is 0 Å². The van der Waals surface area contributed by atoms with E-state index in [0.29, 0.717) is 0 Å². The van der Waals surface area contributed by atoms with Gasteiger partial charge in [0.05, 0.1) is 6.33 Å². The molecule has 0 saturated heterocycles. The number of hydrogen-bond acceptors (Lipinski definition) is 8. The monoisotopic (exact) mass is 300 g/mol. The summed E-state index contributed by atoms with van der Waals surface area (Å²) in [5.74, 6) is 0.0646. The van der Waals surface area contributed by atoms with E-state index in [4.69, 9.17) is 5.73 Å². The van der Waals surface area contributed by atoms with Crippen LogP contribution in [0.3, 0.4) is 0 Å². The van der Waals surface area contributed by atoms with Gasteiger partial charge in [0.15, 0.2) is 22.3 Å². The molecule has 0 bridgehead atoms. The van der Waals surface area contributed by atoms with Crippen LogP contribution in [0.4, 0.5) is 11.9 Å². The van der Waals surface area contributed by atoms with Crippen molar-refractivity contribution in [3.8, 4) is 0 Å². The number of nitrogen functional groups attached to an aromatic ring is 1. The summed E-state index contributed by atoms with van der Waals surface area (Å²) in [6, 6.07) is 0. The van der Waals surface area contributed by atoms with E-state index in [0.717, 1.165) is 0 Å². The van der Waals surface area contributed by atoms with Gasteiger partial charge in [-0.2, -0.15) is 9.97 Å². The summed E-state index contributed by atoms with van der Waals surface area (Å²) < 4.78 is 1.32. The molecule has 0 amide bonds. The number of H-pyrrole nitrogens is 3. The second kappa shape index (κ2) is 4.15. The average molecular weight is 300 g/mol. The molecular formula is C10H8N10O2. The van der Waals surface area contributed by atoms with Gasteiger partial charge in [0.1, 0.15) is 6.33 Å². The topological polar surface area (TPSA) is 176 Å². The highest BCUT2D eigenvalue weighted by Crippen LogP contribution is 2.08. The van der Waals surface area contributed by atoms with Crippen LogP contribution in [0.2, 0.25) is 0 Å². The first-order valence-electron chi connectivity index (χ1n) is 6.05. The summed E-state index contributed by atoms with van der Waals surface area (Å²) in [4.78, 5) is 47.0. The van der Waals surface area contributed by atoms with Gasteiger partial charge in [-0.1, -0.05) is 0 Å². The van der Waals surface area contributed by atoms with Gasteiger partial charge in [0.25, 0.3) is 11.1 Å². The molecule has 0 fully saturated rings. The third-order valence-electron chi connectivity index (χ3n) is 2.95. The quantitative estimate of drug-likeness (QED) is 0.298. The van der Waals surface area contributed by atoms with Crippen molar-refractivity contribution in [3.63, 3.8) is 0 Å². The van der Waals surface area contributed by atoms with Crippen LogP contribution in [0.5, 0.6) is 0 Å². The molecule has 4 heterocycles. The number of aromatic amines is 3. The molecule has 0 radical (unpaired) electrons. The van der Waals surface area contributed by atoms with Crippen LogP contribution in [0, 0.1) is 0 Å². The van der Waals surface area contributed by atoms with Gasteiger partial charge in [0, 0.05) is 0 Å². The molecule has 0 atom stereocenters. The minimum atomic E-state index is -0.466. The van der Waals surface area contributed by atoms with E-state index in [2.05, 4.69) is 40.3 Å². The second-order valence-corrected chi connectivity index (χ2v) is 4.37. The van der Waals surface area contributed by atoms with Crippen molar-refractivity contribution in [2.75, 3.05) is 11.2 Å². The number of hydrogen-bond donors (Lipinski definition) is 5. The zero-order valence-corrected chi connectivity index (χ0v) is 10.8. The first kappa shape index (κ1) is 12.1. The number of imidazole rings is 2. The fraction of sp³-hybridized carbons (Fsp3) is 0. The Bertz CT molecular complexity index is 1120. The van der Waals surface area contributed by atoms with Gasteiger partial charge in [-0.3, -0.25) is 25.0 Å². The lowest BCUT2D eigenvalue weighted by Gasteiger charge is -2.06. The van der Waals surface area contributed by atoms with Gasteiger partial charge in [0.2, 0.25) is 11.9 Å². The van der Waals surface area contributed by atoms with Gasteiger partial charge >= 0.3 is 0 Å². The van der Waals surface area contributed by atoms with Gasteiger partial charge in [-0.15, -0.1) is 0 Å². The molecule has 0 aliphatic heterocycles. The normalized spacial score (nSPS) is 11.3. The van der Waals surface area contributed by atoms with Crippen molar-refractivity contribution in [2.24, 2.45) is 0 Å². The van der Waals surface area contributed by atoms with E-state index >= 15 is 0 Å². The molecule has 0 saturated carbocycles. The highest BCUT2D eigenvalue weighted by atomic mass is 16.1. The van der Waals surface area contributed by atoms with Crippen molar-refractivity contribution in [2.45, 2.75) is 0 Å². The number of anilines is 2.